The zero-order valence-corrected chi connectivity index (χ0v) is 7.49. The van der Waals surface area contributed by atoms with E-state index in [0.717, 1.165) is 0 Å². The van der Waals surface area contributed by atoms with Crippen LogP contribution in [0.2, 0.25) is 0 Å². The second-order valence-electron chi connectivity index (χ2n) is 1.55. The minimum atomic E-state index is -4.64. The molecule has 0 saturated carbocycles. The monoisotopic (exact) mass is 188 g/mol. The van der Waals surface area contributed by atoms with Crippen molar-refractivity contribution >= 4 is 7.82 Å². The first-order valence-corrected chi connectivity index (χ1v) is 4.21. The van der Waals surface area contributed by atoms with Crippen LogP contribution in [-0.4, -0.2) is 35.2 Å². The molecule has 0 radical (unpaired) electrons. The summed E-state index contributed by atoms with van der Waals surface area (Å²) in [7, 11) is -1.43. The van der Waals surface area contributed by atoms with E-state index in [1.807, 2.05) is 6.92 Å². The van der Waals surface area contributed by atoms with Gasteiger partial charge in [-0.1, -0.05) is 0 Å². The molecule has 0 atom stereocenters. The number of ether oxygens (including phenoxy) is 2. The molecule has 70 valence electrons. The van der Waals surface area contributed by atoms with Gasteiger partial charge in [-0.2, -0.15) is 0 Å². The third kappa shape index (κ3) is 39.8. The third-order valence-corrected chi connectivity index (χ3v) is 0.664. The average Bonchev–Trinajstić information content (AvgIpc) is 1.83. The van der Waals surface area contributed by atoms with Crippen molar-refractivity contribution in [3.8, 4) is 0 Å². The standard InChI is InChI=1S/C4H10O2.H3O4P/c1-4(5-2)6-3;1-5(2,3)4/h4H,1-3H3;(H3,1,2,3,4). The first-order valence-electron chi connectivity index (χ1n) is 2.65. The molecule has 3 N–H and O–H groups in total. The summed E-state index contributed by atoms with van der Waals surface area (Å²) in [6.07, 6.45) is -0.0648. The number of hydrogen-bond donors (Lipinski definition) is 3. The Balaban J connectivity index is 0. The lowest BCUT2D eigenvalue weighted by Crippen LogP contribution is -2.05. The fourth-order valence-corrected chi connectivity index (χ4v) is 0.0962. The van der Waals surface area contributed by atoms with Gasteiger partial charge in [0.2, 0.25) is 0 Å². The molecule has 0 saturated heterocycles. The van der Waals surface area contributed by atoms with E-state index in [2.05, 4.69) is 9.47 Å². The SMILES string of the molecule is COC(C)OC.O=P(O)(O)O. The number of rotatable bonds is 2. The Morgan fingerprint density at radius 2 is 1.36 bits per heavy atom. The fourth-order valence-electron chi connectivity index (χ4n) is 0.0962. The molecule has 0 aromatic rings. The summed E-state index contributed by atoms with van der Waals surface area (Å²) >= 11 is 0. The second kappa shape index (κ2) is 6.72. The highest BCUT2D eigenvalue weighted by Crippen LogP contribution is 2.25. The lowest BCUT2D eigenvalue weighted by Gasteiger charge is -2.03. The zero-order valence-electron chi connectivity index (χ0n) is 6.59. The minimum absolute atomic E-state index is 0.0648. The van der Waals surface area contributed by atoms with E-state index in [0.29, 0.717) is 0 Å². The summed E-state index contributed by atoms with van der Waals surface area (Å²) in [4.78, 5) is 21.6. The average molecular weight is 188 g/mol. The normalized spacial score (nSPS) is 10.8. The van der Waals surface area contributed by atoms with Gasteiger partial charge in [0.05, 0.1) is 0 Å². The van der Waals surface area contributed by atoms with Gasteiger partial charge in [-0.15, -0.1) is 0 Å². The van der Waals surface area contributed by atoms with Crippen molar-refractivity contribution in [3.05, 3.63) is 0 Å². The molecule has 6 nitrogen and oxygen atoms in total. The van der Waals surface area contributed by atoms with Crippen LogP contribution in [0.25, 0.3) is 0 Å². The van der Waals surface area contributed by atoms with Crippen molar-refractivity contribution < 1.29 is 28.7 Å². The van der Waals surface area contributed by atoms with Gasteiger partial charge in [0.1, 0.15) is 0 Å². The predicted octanol–water partition coefficient (Wildman–Crippen LogP) is -0.303. The van der Waals surface area contributed by atoms with E-state index in [9.17, 15) is 0 Å². The van der Waals surface area contributed by atoms with Crippen molar-refractivity contribution in [2.75, 3.05) is 14.2 Å². The third-order valence-electron chi connectivity index (χ3n) is 0.664. The van der Waals surface area contributed by atoms with Gasteiger partial charge in [0.25, 0.3) is 0 Å². The topological polar surface area (TPSA) is 96.2 Å². The van der Waals surface area contributed by atoms with Crippen LogP contribution in [0.5, 0.6) is 0 Å². The molecular formula is C4H13O6P. The lowest BCUT2D eigenvalue weighted by atomic mass is 10.8. The number of phosphoric acid groups is 1. The van der Waals surface area contributed by atoms with Gasteiger partial charge in [-0.3, -0.25) is 0 Å². The van der Waals surface area contributed by atoms with E-state index in [1.165, 1.54) is 0 Å². The van der Waals surface area contributed by atoms with Crippen LogP contribution >= 0.6 is 7.82 Å². The van der Waals surface area contributed by atoms with Crippen molar-refractivity contribution in [2.24, 2.45) is 0 Å². The molecule has 0 rings (SSSR count). The molecule has 11 heavy (non-hydrogen) atoms. The first kappa shape index (κ1) is 13.6. The van der Waals surface area contributed by atoms with Crippen LogP contribution in [0, 0.1) is 0 Å². The summed E-state index contributed by atoms with van der Waals surface area (Å²) in [5.74, 6) is 0. The van der Waals surface area contributed by atoms with Gasteiger partial charge < -0.3 is 24.2 Å². The molecule has 0 aromatic carbocycles. The van der Waals surface area contributed by atoms with Gasteiger partial charge in [-0.25, -0.2) is 4.57 Å². The lowest BCUT2D eigenvalue weighted by molar-refractivity contribution is -0.0877. The first-order chi connectivity index (χ1) is 4.81. The van der Waals surface area contributed by atoms with Crippen molar-refractivity contribution in [2.45, 2.75) is 13.2 Å². The molecule has 0 unspecified atom stereocenters. The molecule has 0 fully saturated rings. The molecule has 0 bridgehead atoms. The maximum atomic E-state index is 8.88. The Morgan fingerprint density at radius 3 is 1.36 bits per heavy atom. The number of methoxy groups -OCH3 is 2. The minimum Gasteiger partial charge on any atom is -0.356 e. The van der Waals surface area contributed by atoms with Crippen LogP contribution in [0.4, 0.5) is 0 Å². The summed E-state index contributed by atoms with van der Waals surface area (Å²) in [5.41, 5.74) is 0. The molecule has 0 aliphatic carbocycles. The maximum absolute atomic E-state index is 8.88. The van der Waals surface area contributed by atoms with Crippen LogP contribution in [-0.2, 0) is 14.0 Å². The summed E-state index contributed by atoms with van der Waals surface area (Å²) in [6.45, 7) is 1.83. The van der Waals surface area contributed by atoms with Crippen LogP contribution < -0.4 is 0 Å². The van der Waals surface area contributed by atoms with Crippen molar-refractivity contribution in [1.29, 1.82) is 0 Å². The van der Waals surface area contributed by atoms with Gasteiger partial charge in [0.15, 0.2) is 6.29 Å². The van der Waals surface area contributed by atoms with E-state index in [1.54, 1.807) is 14.2 Å². The van der Waals surface area contributed by atoms with Crippen LogP contribution in [0.1, 0.15) is 6.92 Å². The Hall–Kier alpha value is 0.0300. The van der Waals surface area contributed by atoms with Gasteiger partial charge in [0, 0.05) is 14.2 Å². The molecule has 0 spiro atoms. The summed E-state index contributed by atoms with van der Waals surface area (Å²) < 4.78 is 18.2. The Labute approximate surface area is 65.0 Å². The zero-order chi connectivity index (χ0) is 9.49. The van der Waals surface area contributed by atoms with Gasteiger partial charge >= 0.3 is 7.82 Å². The van der Waals surface area contributed by atoms with Crippen LogP contribution in [0.3, 0.4) is 0 Å². The second-order valence-corrected chi connectivity index (χ2v) is 2.58. The highest BCUT2D eigenvalue weighted by Gasteiger charge is 2.00. The highest BCUT2D eigenvalue weighted by molar-refractivity contribution is 7.45. The Bertz CT molecular complexity index is 107. The predicted molar refractivity (Wildman–Crippen MR) is 37.7 cm³/mol. The Morgan fingerprint density at radius 1 is 1.18 bits per heavy atom. The van der Waals surface area contributed by atoms with E-state index >= 15 is 0 Å². The largest absolute Gasteiger partial charge is 0.466 e. The van der Waals surface area contributed by atoms with E-state index in [4.69, 9.17) is 19.2 Å². The molecule has 0 aromatic heterocycles. The Kier molecular flexibility index (Phi) is 8.32. The van der Waals surface area contributed by atoms with Gasteiger partial charge in [-0.05, 0) is 6.92 Å². The smallest absolute Gasteiger partial charge is 0.356 e. The molecule has 0 aliphatic heterocycles. The molecular weight excluding hydrogens is 175 g/mol. The van der Waals surface area contributed by atoms with E-state index < -0.39 is 7.82 Å². The molecule has 7 heteroatoms. The maximum Gasteiger partial charge on any atom is 0.466 e. The molecule has 0 aliphatic rings. The quantitative estimate of drug-likeness (QED) is 0.406. The molecule has 0 heterocycles. The van der Waals surface area contributed by atoms with Crippen molar-refractivity contribution in [3.63, 3.8) is 0 Å². The number of hydrogen-bond acceptors (Lipinski definition) is 3. The summed E-state index contributed by atoms with van der Waals surface area (Å²) in [6, 6.07) is 0. The van der Waals surface area contributed by atoms with E-state index in [-0.39, 0.29) is 6.29 Å². The summed E-state index contributed by atoms with van der Waals surface area (Å²) in [5, 5.41) is 0. The van der Waals surface area contributed by atoms with Crippen molar-refractivity contribution in [1.82, 2.24) is 0 Å². The highest BCUT2D eigenvalue weighted by atomic mass is 31.2. The molecule has 0 amide bonds. The fraction of sp³-hybridized carbons (Fsp3) is 1.00. The van der Waals surface area contributed by atoms with Crippen LogP contribution in [0.15, 0.2) is 0 Å².